The second-order valence-electron chi connectivity index (χ2n) is 3.77. The average Bonchev–Trinajstić information content (AvgIpc) is 2.61. The van der Waals surface area contributed by atoms with Gasteiger partial charge in [-0.1, -0.05) is 0 Å². The fourth-order valence-electron chi connectivity index (χ4n) is 1.75. The van der Waals surface area contributed by atoms with Crippen molar-refractivity contribution in [3.8, 4) is 0 Å². The van der Waals surface area contributed by atoms with E-state index in [-0.39, 0.29) is 0 Å². The van der Waals surface area contributed by atoms with Crippen LogP contribution < -0.4 is 10.2 Å². The van der Waals surface area contributed by atoms with Gasteiger partial charge < -0.3 is 14.8 Å². The fraction of sp³-hybridized carbons (Fsp3) is 0.667. The van der Waals surface area contributed by atoms with Crippen LogP contribution in [0.1, 0.15) is 5.69 Å². The van der Waals surface area contributed by atoms with E-state index in [0.717, 1.165) is 19.3 Å². The van der Waals surface area contributed by atoms with Gasteiger partial charge in [0.1, 0.15) is 0 Å². The molecule has 0 spiro atoms. The van der Waals surface area contributed by atoms with Gasteiger partial charge in [-0.05, 0) is 0 Å². The maximum absolute atomic E-state index is 12.4. The van der Waals surface area contributed by atoms with Crippen LogP contribution in [0.4, 0.5) is 19.1 Å². The van der Waals surface area contributed by atoms with E-state index < -0.39 is 11.9 Å². The summed E-state index contributed by atoms with van der Waals surface area (Å²) in [6.07, 6.45) is -3.35. The molecule has 0 unspecified atom stereocenters. The minimum absolute atomic E-state index is 0.383. The van der Waals surface area contributed by atoms with Gasteiger partial charge in [-0.2, -0.15) is 13.2 Å². The van der Waals surface area contributed by atoms with Crippen LogP contribution in [0.2, 0.25) is 0 Å². The van der Waals surface area contributed by atoms with Gasteiger partial charge in [-0.3, -0.25) is 0 Å². The molecule has 0 aromatic carbocycles. The van der Waals surface area contributed by atoms with Crippen LogP contribution in [-0.2, 0) is 13.2 Å². The number of halogens is 3. The van der Waals surface area contributed by atoms with Gasteiger partial charge in [-0.15, -0.1) is 0 Å². The summed E-state index contributed by atoms with van der Waals surface area (Å²) < 4.78 is 38.7. The number of hydrogen-bond donors (Lipinski definition) is 1. The Morgan fingerprint density at radius 2 is 1.94 bits per heavy atom. The number of nitrogens with one attached hydrogen (secondary N) is 1. The molecule has 2 rings (SSSR count). The number of aryl methyl sites for hydroxylation is 1. The number of anilines is 1. The molecule has 1 saturated heterocycles. The van der Waals surface area contributed by atoms with Crippen molar-refractivity contribution in [2.75, 3.05) is 31.1 Å². The van der Waals surface area contributed by atoms with Crippen LogP contribution in [0.15, 0.2) is 6.20 Å². The van der Waals surface area contributed by atoms with Gasteiger partial charge >= 0.3 is 6.18 Å². The molecule has 1 N–H and O–H groups in total. The van der Waals surface area contributed by atoms with Crippen molar-refractivity contribution in [3.63, 3.8) is 0 Å². The zero-order chi connectivity index (χ0) is 11.8. The Labute approximate surface area is 91.1 Å². The highest BCUT2D eigenvalue weighted by Gasteiger charge is 2.35. The number of nitrogens with zero attached hydrogens (tertiary/aromatic N) is 3. The molecular formula is C9H13F3N4. The first-order valence-corrected chi connectivity index (χ1v) is 5.05. The third-order valence-corrected chi connectivity index (χ3v) is 2.54. The van der Waals surface area contributed by atoms with Crippen LogP contribution in [0, 0.1) is 0 Å². The van der Waals surface area contributed by atoms with Gasteiger partial charge in [-0.25, -0.2) is 4.98 Å². The van der Waals surface area contributed by atoms with E-state index in [1.165, 1.54) is 4.57 Å². The number of alkyl halides is 3. The van der Waals surface area contributed by atoms with Crippen LogP contribution in [0.3, 0.4) is 0 Å². The quantitative estimate of drug-likeness (QED) is 0.782. The SMILES string of the molecule is Cn1cc(C(F)(F)F)nc1N1CCNCC1. The third kappa shape index (κ3) is 2.13. The fourth-order valence-corrected chi connectivity index (χ4v) is 1.75. The highest BCUT2D eigenvalue weighted by molar-refractivity contribution is 5.34. The molecule has 0 saturated carbocycles. The Bertz CT molecular complexity index is 365. The molecule has 0 atom stereocenters. The van der Waals surface area contributed by atoms with Crippen molar-refractivity contribution in [1.82, 2.24) is 14.9 Å². The molecule has 90 valence electrons. The molecule has 1 fully saturated rings. The number of imidazole rings is 1. The summed E-state index contributed by atoms with van der Waals surface area (Å²) in [7, 11) is 1.58. The highest BCUT2D eigenvalue weighted by atomic mass is 19.4. The van der Waals surface area contributed by atoms with Crippen molar-refractivity contribution in [2.45, 2.75) is 6.18 Å². The smallest absolute Gasteiger partial charge is 0.340 e. The van der Waals surface area contributed by atoms with Gasteiger partial charge in [0.05, 0.1) is 0 Å². The average molecular weight is 234 g/mol. The Morgan fingerprint density at radius 3 is 2.44 bits per heavy atom. The molecule has 0 bridgehead atoms. The Balaban J connectivity index is 2.24. The summed E-state index contributed by atoms with van der Waals surface area (Å²) in [5.41, 5.74) is -0.830. The first-order chi connectivity index (χ1) is 7.48. The predicted octanol–water partition coefficient (Wildman–Crippen LogP) is 0.848. The summed E-state index contributed by atoms with van der Waals surface area (Å²) >= 11 is 0. The molecule has 16 heavy (non-hydrogen) atoms. The first-order valence-electron chi connectivity index (χ1n) is 5.05. The van der Waals surface area contributed by atoms with E-state index in [2.05, 4.69) is 10.3 Å². The van der Waals surface area contributed by atoms with E-state index in [1.807, 2.05) is 4.90 Å². The lowest BCUT2D eigenvalue weighted by molar-refractivity contribution is -0.140. The van der Waals surface area contributed by atoms with Crippen molar-refractivity contribution in [3.05, 3.63) is 11.9 Å². The van der Waals surface area contributed by atoms with Gasteiger partial charge in [0, 0.05) is 39.4 Å². The molecule has 1 aliphatic heterocycles. The summed E-state index contributed by atoms with van der Waals surface area (Å²) in [5.74, 6) is 0.383. The summed E-state index contributed by atoms with van der Waals surface area (Å²) in [6.45, 7) is 2.91. The Morgan fingerprint density at radius 1 is 1.31 bits per heavy atom. The molecular weight excluding hydrogens is 221 g/mol. The van der Waals surface area contributed by atoms with Crippen LogP contribution in [0.5, 0.6) is 0 Å². The molecule has 1 aromatic rings. The van der Waals surface area contributed by atoms with E-state index in [1.54, 1.807) is 7.05 Å². The molecule has 0 amide bonds. The van der Waals surface area contributed by atoms with Crippen LogP contribution in [0.25, 0.3) is 0 Å². The largest absolute Gasteiger partial charge is 0.434 e. The lowest BCUT2D eigenvalue weighted by Gasteiger charge is -2.28. The Hall–Kier alpha value is -1.24. The highest BCUT2D eigenvalue weighted by Crippen LogP contribution is 2.29. The van der Waals surface area contributed by atoms with E-state index in [0.29, 0.717) is 19.0 Å². The molecule has 1 aromatic heterocycles. The van der Waals surface area contributed by atoms with Crippen LogP contribution >= 0.6 is 0 Å². The molecule has 2 heterocycles. The van der Waals surface area contributed by atoms with Crippen molar-refractivity contribution < 1.29 is 13.2 Å². The van der Waals surface area contributed by atoms with Crippen molar-refractivity contribution in [2.24, 2.45) is 7.05 Å². The third-order valence-electron chi connectivity index (χ3n) is 2.54. The Kier molecular flexibility index (Phi) is 2.79. The van der Waals surface area contributed by atoms with E-state index in [4.69, 9.17) is 0 Å². The van der Waals surface area contributed by atoms with Crippen LogP contribution in [-0.4, -0.2) is 35.7 Å². The molecule has 4 nitrogen and oxygen atoms in total. The van der Waals surface area contributed by atoms with Crippen molar-refractivity contribution >= 4 is 5.95 Å². The van der Waals surface area contributed by atoms with E-state index in [9.17, 15) is 13.2 Å². The summed E-state index contributed by atoms with van der Waals surface area (Å²) in [4.78, 5) is 5.49. The van der Waals surface area contributed by atoms with Gasteiger partial charge in [0.25, 0.3) is 0 Å². The van der Waals surface area contributed by atoms with Crippen molar-refractivity contribution in [1.29, 1.82) is 0 Å². The number of piperazine rings is 1. The zero-order valence-electron chi connectivity index (χ0n) is 8.88. The number of rotatable bonds is 1. The monoisotopic (exact) mass is 234 g/mol. The molecule has 7 heteroatoms. The topological polar surface area (TPSA) is 33.1 Å². The number of aromatic nitrogens is 2. The summed E-state index contributed by atoms with van der Waals surface area (Å²) in [6, 6.07) is 0. The maximum Gasteiger partial charge on any atom is 0.434 e. The standard InChI is InChI=1S/C9H13F3N4/c1-15-6-7(9(10,11)12)14-8(15)16-4-2-13-3-5-16/h6,13H,2-5H2,1H3. The second kappa shape index (κ2) is 3.97. The zero-order valence-corrected chi connectivity index (χ0v) is 8.88. The summed E-state index contributed by atoms with van der Waals surface area (Å²) in [5, 5.41) is 3.14. The second-order valence-corrected chi connectivity index (χ2v) is 3.77. The first kappa shape index (κ1) is 11.3. The lowest BCUT2D eigenvalue weighted by Crippen LogP contribution is -2.44. The maximum atomic E-state index is 12.4. The predicted molar refractivity (Wildman–Crippen MR) is 53.3 cm³/mol. The van der Waals surface area contributed by atoms with Gasteiger partial charge in [0.2, 0.25) is 5.95 Å². The lowest BCUT2D eigenvalue weighted by atomic mass is 10.4. The molecule has 1 aliphatic rings. The van der Waals surface area contributed by atoms with Gasteiger partial charge in [0.15, 0.2) is 5.69 Å². The molecule has 0 aliphatic carbocycles. The number of hydrogen-bond acceptors (Lipinski definition) is 3. The minimum Gasteiger partial charge on any atom is -0.340 e. The molecule has 0 radical (unpaired) electrons. The van der Waals surface area contributed by atoms with E-state index >= 15 is 0 Å². The normalized spacial score (nSPS) is 17.9. The minimum atomic E-state index is -4.37.